The van der Waals surface area contributed by atoms with Crippen LogP contribution in [0.25, 0.3) is 0 Å². The Morgan fingerprint density at radius 3 is 2.18 bits per heavy atom. The van der Waals surface area contributed by atoms with Crippen molar-refractivity contribution in [2.45, 2.75) is 142 Å². The number of aliphatic hydroxyl groups is 7. The molecule has 0 amide bonds. The molecule has 0 aromatic carbocycles. The first-order chi connectivity index (χ1) is 20.9. The summed E-state index contributed by atoms with van der Waals surface area (Å²) >= 11 is 0. The Bertz CT molecular complexity index is 1160. The van der Waals surface area contributed by atoms with Crippen LogP contribution >= 0.6 is 0 Å². The molecule has 1 heterocycles. The average molecular weight is 637 g/mol. The molecule has 5 fully saturated rings. The summed E-state index contributed by atoms with van der Waals surface area (Å²) in [5.74, 6) is 0.643. The van der Waals surface area contributed by atoms with Crippen molar-refractivity contribution in [1.29, 1.82) is 0 Å². The summed E-state index contributed by atoms with van der Waals surface area (Å²) in [7, 11) is 0. The van der Waals surface area contributed by atoms with Crippen LogP contribution in [0.15, 0.2) is 11.6 Å². The van der Waals surface area contributed by atoms with E-state index in [4.69, 9.17) is 9.47 Å². The Labute approximate surface area is 269 Å². The fourth-order valence-corrected chi connectivity index (χ4v) is 12.8. The van der Waals surface area contributed by atoms with Crippen LogP contribution in [0.3, 0.4) is 0 Å². The predicted octanol–water partition coefficient (Wildman–Crippen LogP) is 2.76. The van der Waals surface area contributed by atoms with Gasteiger partial charge in [0.1, 0.15) is 24.4 Å². The van der Waals surface area contributed by atoms with Crippen LogP contribution in [0.1, 0.15) is 93.4 Å². The molecular weight excluding hydrogens is 576 g/mol. The number of hydrogen-bond donors (Lipinski definition) is 7. The van der Waals surface area contributed by atoms with E-state index in [1.54, 1.807) is 0 Å². The Hall–Kier alpha value is -0.620. The maximum absolute atomic E-state index is 12.2. The van der Waals surface area contributed by atoms with Crippen molar-refractivity contribution in [3.05, 3.63) is 11.6 Å². The third-order valence-electron chi connectivity index (χ3n) is 15.3. The van der Waals surface area contributed by atoms with E-state index in [9.17, 15) is 35.7 Å². The van der Waals surface area contributed by atoms with Crippen LogP contribution in [-0.2, 0) is 9.47 Å². The van der Waals surface area contributed by atoms with Crippen LogP contribution in [0.2, 0.25) is 0 Å². The van der Waals surface area contributed by atoms with E-state index < -0.39 is 54.9 Å². The number of allylic oxidation sites excluding steroid dienone is 1. The zero-order valence-electron chi connectivity index (χ0n) is 28.4. The van der Waals surface area contributed by atoms with E-state index in [0.717, 1.165) is 32.1 Å². The van der Waals surface area contributed by atoms with Gasteiger partial charge in [0.15, 0.2) is 6.29 Å². The van der Waals surface area contributed by atoms with Gasteiger partial charge in [0.25, 0.3) is 0 Å². The molecule has 0 aromatic rings. The minimum Gasteiger partial charge on any atom is -0.396 e. The van der Waals surface area contributed by atoms with Gasteiger partial charge in [0.05, 0.1) is 24.9 Å². The number of rotatable bonds is 5. The van der Waals surface area contributed by atoms with Gasteiger partial charge in [-0.2, -0.15) is 0 Å². The highest BCUT2D eigenvalue weighted by atomic mass is 16.7. The molecule has 6 aliphatic rings. The fraction of sp³-hybridized carbons (Fsp3) is 0.944. The van der Waals surface area contributed by atoms with Crippen LogP contribution in [-0.4, -0.2) is 98.0 Å². The van der Waals surface area contributed by atoms with Crippen molar-refractivity contribution >= 4 is 0 Å². The summed E-state index contributed by atoms with van der Waals surface area (Å²) in [6.07, 6.45) is -0.181. The lowest BCUT2D eigenvalue weighted by atomic mass is 9.35. The molecule has 0 bridgehead atoms. The van der Waals surface area contributed by atoms with Crippen LogP contribution < -0.4 is 0 Å². The molecule has 0 aromatic heterocycles. The van der Waals surface area contributed by atoms with Crippen LogP contribution in [0.4, 0.5) is 0 Å². The van der Waals surface area contributed by atoms with Gasteiger partial charge in [0.2, 0.25) is 0 Å². The van der Waals surface area contributed by atoms with Crippen molar-refractivity contribution in [3.8, 4) is 0 Å². The first kappa shape index (κ1) is 34.3. The molecule has 7 N–H and O–H groups in total. The van der Waals surface area contributed by atoms with Crippen molar-refractivity contribution in [1.82, 2.24) is 0 Å². The van der Waals surface area contributed by atoms with Crippen molar-refractivity contribution < 1.29 is 45.2 Å². The van der Waals surface area contributed by atoms with E-state index in [1.807, 2.05) is 0 Å². The second-order valence-corrected chi connectivity index (χ2v) is 17.7. The minimum atomic E-state index is -1.49. The van der Waals surface area contributed by atoms with E-state index in [1.165, 1.54) is 5.57 Å². The van der Waals surface area contributed by atoms with Gasteiger partial charge in [-0.3, -0.25) is 0 Å². The highest BCUT2D eigenvalue weighted by Gasteiger charge is 2.72. The molecule has 9 heteroatoms. The van der Waals surface area contributed by atoms with Gasteiger partial charge in [0, 0.05) is 17.9 Å². The summed E-state index contributed by atoms with van der Waals surface area (Å²) in [6.45, 7) is 15.4. The molecule has 9 nitrogen and oxygen atoms in total. The monoisotopic (exact) mass is 636 g/mol. The fourth-order valence-electron chi connectivity index (χ4n) is 12.8. The Kier molecular flexibility index (Phi) is 8.53. The topological polar surface area (TPSA) is 160 Å². The summed E-state index contributed by atoms with van der Waals surface area (Å²) in [5, 5.41) is 75.9. The standard InChI is InChI=1S/C36H60O9/c1-18(2)20-14-22(40)30-35(7)11-8-19-26(34(35,6)12-13-36(20,30)17-38)21(39)15-24-32(3,4)25(9-10-33(19,24)5)45-31-29(43)28(42)27(41)23(16-37)44-31/h8,18,20-31,37-43H,9-17H2,1-7H3/t20-,21-,22?,23+,24?,25-,26?,27+,28-,29+,30?,31-,33+,34-,35+,36+/m0/s1. The van der Waals surface area contributed by atoms with E-state index in [0.29, 0.717) is 18.8 Å². The van der Waals surface area contributed by atoms with Gasteiger partial charge >= 0.3 is 0 Å². The smallest absolute Gasteiger partial charge is 0.186 e. The van der Waals surface area contributed by atoms with E-state index in [2.05, 4.69) is 54.5 Å². The summed E-state index contributed by atoms with van der Waals surface area (Å²) < 4.78 is 12.1. The summed E-state index contributed by atoms with van der Waals surface area (Å²) in [6, 6.07) is 0. The highest BCUT2D eigenvalue weighted by Crippen LogP contribution is 2.76. The van der Waals surface area contributed by atoms with Gasteiger partial charge in [-0.25, -0.2) is 0 Å². The van der Waals surface area contributed by atoms with Crippen molar-refractivity contribution in [3.63, 3.8) is 0 Å². The summed E-state index contributed by atoms with van der Waals surface area (Å²) in [5.41, 5.74) is -0.0998. The van der Waals surface area contributed by atoms with Gasteiger partial charge in [-0.15, -0.1) is 0 Å². The molecule has 0 radical (unpaired) electrons. The van der Waals surface area contributed by atoms with Crippen molar-refractivity contribution in [2.75, 3.05) is 13.2 Å². The SMILES string of the molecule is CC(C)[C@@H]1CC(O)C2[C@@]1(CO)CC[C@@]1(C)C3C(=CC[C@]21C)[C@@]1(C)CC[C@H](O[C@@H]2O[C@H](CO)[C@@H](O)[C@H](O)[C@H]2O)C(C)(C)C1C[C@@H]3O. The maximum atomic E-state index is 12.2. The molecular formula is C36H60O9. The van der Waals surface area contributed by atoms with E-state index >= 15 is 0 Å². The van der Waals surface area contributed by atoms with E-state index in [-0.39, 0.29) is 58.0 Å². The third-order valence-corrected chi connectivity index (χ3v) is 15.3. The third kappa shape index (κ3) is 4.51. The lowest BCUT2D eigenvalue weighted by Gasteiger charge is -2.70. The molecule has 4 unspecified atom stereocenters. The quantitative estimate of drug-likeness (QED) is 0.178. The Morgan fingerprint density at radius 1 is 0.867 bits per heavy atom. The molecule has 1 aliphatic heterocycles. The predicted molar refractivity (Wildman–Crippen MR) is 167 cm³/mol. The number of hydrogen-bond acceptors (Lipinski definition) is 9. The Balaban J connectivity index is 1.31. The number of ether oxygens (including phenoxy) is 2. The largest absolute Gasteiger partial charge is 0.396 e. The van der Waals surface area contributed by atoms with Crippen LogP contribution in [0, 0.1) is 56.7 Å². The molecule has 16 atom stereocenters. The highest BCUT2D eigenvalue weighted by molar-refractivity contribution is 5.35. The molecule has 1 saturated heterocycles. The second-order valence-electron chi connectivity index (χ2n) is 17.7. The van der Waals surface area contributed by atoms with Gasteiger partial charge < -0.3 is 45.2 Å². The molecule has 6 rings (SSSR count). The minimum absolute atomic E-state index is 0.0317. The zero-order chi connectivity index (χ0) is 33.1. The van der Waals surface area contributed by atoms with Crippen molar-refractivity contribution in [2.24, 2.45) is 56.7 Å². The molecule has 0 spiro atoms. The first-order valence-electron chi connectivity index (χ1n) is 17.6. The zero-order valence-corrected chi connectivity index (χ0v) is 28.4. The molecule has 45 heavy (non-hydrogen) atoms. The normalized spacial score (nSPS) is 55.8. The molecule has 5 aliphatic carbocycles. The number of aliphatic hydroxyl groups excluding tert-OH is 7. The van der Waals surface area contributed by atoms with Gasteiger partial charge in [-0.05, 0) is 90.3 Å². The Morgan fingerprint density at radius 2 is 1.56 bits per heavy atom. The van der Waals surface area contributed by atoms with Gasteiger partial charge in [-0.1, -0.05) is 60.1 Å². The second kappa shape index (κ2) is 11.2. The summed E-state index contributed by atoms with van der Waals surface area (Å²) in [4.78, 5) is 0. The first-order valence-corrected chi connectivity index (χ1v) is 17.6. The lowest BCUT2D eigenvalue weighted by Crippen LogP contribution is -2.67. The molecule has 4 saturated carbocycles. The average Bonchev–Trinajstić information content (AvgIpc) is 3.30. The lowest BCUT2D eigenvalue weighted by molar-refractivity contribution is -0.327. The maximum Gasteiger partial charge on any atom is 0.186 e. The molecule has 258 valence electrons. The number of fused-ring (bicyclic) bond motifs is 7. The van der Waals surface area contributed by atoms with Crippen LogP contribution in [0.5, 0.6) is 0 Å².